The molecule has 1 aliphatic carbocycles. The summed E-state index contributed by atoms with van der Waals surface area (Å²) in [5.41, 5.74) is 0.457. The van der Waals surface area contributed by atoms with Crippen molar-refractivity contribution in [3.05, 3.63) is 29.6 Å². The first kappa shape index (κ1) is 15.9. The lowest BCUT2D eigenvalue weighted by Gasteiger charge is -2.25. The summed E-state index contributed by atoms with van der Waals surface area (Å²) in [6.07, 6.45) is 11.4. The van der Waals surface area contributed by atoms with Crippen molar-refractivity contribution < 1.29 is 8.78 Å². The number of hydrogen-bond donors (Lipinski definition) is 0. The van der Waals surface area contributed by atoms with E-state index in [4.69, 9.17) is 0 Å². The maximum Gasteiger partial charge on any atom is 0.248 e. The zero-order valence-electron chi connectivity index (χ0n) is 12.7. The number of pyridine rings is 1. The fourth-order valence-corrected chi connectivity index (χ4v) is 2.95. The number of rotatable bonds is 4. The van der Waals surface area contributed by atoms with Gasteiger partial charge in [-0.2, -0.15) is 4.39 Å². The smallest absolute Gasteiger partial charge is 0.224 e. The van der Waals surface area contributed by atoms with E-state index in [0.717, 1.165) is 24.8 Å². The molecule has 0 saturated heterocycles. The highest BCUT2D eigenvalue weighted by molar-refractivity contribution is 5.32. The van der Waals surface area contributed by atoms with Gasteiger partial charge < -0.3 is 0 Å². The molecule has 0 radical (unpaired) electrons. The molecule has 0 bridgehead atoms. The molecule has 1 fully saturated rings. The van der Waals surface area contributed by atoms with Crippen LogP contribution in [0.15, 0.2) is 12.3 Å². The predicted octanol–water partition coefficient (Wildman–Crippen LogP) is 5.10. The largest absolute Gasteiger partial charge is 0.248 e. The summed E-state index contributed by atoms with van der Waals surface area (Å²) in [5.74, 6) is 5.38. The van der Waals surface area contributed by atoms with Crippen molar-refractivity contribution in [1.29, 1.82) is 0 Å². The normalized spacial score (nSPS) is 21.7. The highest BCUT2D eigenvalue weighted by Gasteiger charge is 2.19. The molecular weight excluding hydrogens is 268 g/mol. The van der Waals surface area contributed by atoms with Crippen LogP contribution in [0.1, 0.15) is 63.9 Å². The third-order valence-electron chi connectivity index (χ3n) is 4.28. The number of halogens is 2. The molecule has 0 aromatic carbocycles. The molecule has 1 aromatic rings. The summed E-state index contributed by atoms with van der Waals surface area (Å²) < 4.78 is 25.8. The van der Waals surface area contributed by atoms with Crippen LogP contribution in [-0.4, -0.2) is 4.98 Å². The first-order valence-corrected chi connectivity index (χ1v) is 8.01. The second kappa shape index (κ2) is 8.12. The van der Waals surface area contributed by atoms with Gasteiger partial charge in [-0.1, -0.05) is 44.4 Å². The van der Waals surface area contributed by atoms with Gasteiger partial charge in [0.25, 0.3) is 0 Å². The van der Waals surface area contributed by atoms with Crippen LogP contribution in [0, 0.1) is 35.4 Å². The van der Waals surface area contributed by atoms with E-state index in [1.807, 2.05) is 0 Å². The molecule has 0 N–H and O–H groups in total. The van der Waals surface area contributed by atoms with Crippen LogP contribution in [0.2, 0.25) is 0 Å². The predicted molar refractivity (Wildman–Crippen MR) is 80.6 cm³/mol. The summed E-state index contributed by atoms with van der Waals surface area (Å²) in [6, 6.07) is 1.12. The Balaban J connectivity index is 1.81. The second-order valence-corrected chi connectivity index (χ2v) is 5.98. The maximum atomic E-state index is 13.0. The van der Waals surface area contributed by atoms with Crippen molar-refractivity contribution in [2.75, 3.05) is 0 Å². The Labute approximate surface area is 126 Å². The molecule has 0 spiro atoms. The average Bonchev–Trinajstić information content (AvgIpc) is 2.50. The van der Waals surface area contributed by atoms with Gasteiger partial charge >= 0.3 is 0 Å². The average molecular weight is 291 g/mol. The van der Waals surface area contributed by atoms with Gasteiger partial charge in [0.05, 0.1) is 0 Å². The molecule has 1 aliphatic rings. The van der Waals surface area contributed by atoms with Crippen LogP contribution in [-0.2, 0) is 0 Å². The van der Waals surface area contributed by atoms with Crippen molar-refractivity contribution in [2.45, 2.75) is 58.3 Å². The number of aromatic nitrogens is 1. The third kappa shape index (κ3) is 5.12. The van der Waals surface area contributed by atoms with E-state index in [9.17, 15) is 8.78 Å². The molecule has 0 aliphatic heterocycles. The quantitative estimate of drug-likeness (QED) is 0.427. The van der Waals surface area contributed by atoms with Crippen molar-refractivity contribution >= 4 is 0 Å². The van der Waals surface area contributed by atoms with Gasteiger partial charge in [-0.05, 0) is 37.7 Å². The van der Waals surface area contributed by atoms with Crippen molar-refractivity contribution in [1.82, 2.24) is 4.98 Å². The van der Waals surface area contributed by atoms with E-state index in [2.05, 4.69) is 23.7 Å². The molecule has 1 saturated carbocycles. The first-order chi connectivity index (χ1) is 10.2. The van der Waals surface area contributed by atoms with Gasteiger partial charge in [-0.15, -0.1) is 0 Å². The van der Waals surface area contributed by atoms with E-state index >= 15 is 0 Å². The van der Waals surface area contributed by atoms with Gasteiger partial charge in [0, 0.05) is 17.7 Å². The summed E-state index contributed by atoms with van der Waals surface area (Å²) in [6.45, 7) is 2.24. The molecule has 21 heavy (non-hydrogen) atoms. The first-order valence-electron chi connectivity index (χ1n) is 8.01. The molecule has 3 heteroatoms. The number of nitrogens with zero attached hydrogens (tertiary/aromatic N) is 1. The third-order valence-corrected chi connectivity index (χ3v) is 4.28. The van der Waals surface area contributed by atoms with Crippen LogP contribution in [0.3, 0.4) is 0 Å². The Bertz CT molecular complexity index is 508. The standard InChI is InChI=1S/C18H23F2N/c1-2-3-4-5-14-6-8-15(9-7-14)10-11-16-12-17(19)18(20)21-13-16/h12-15H,2-9H2,1H3/t14-,15-. The number of unbranched alkanes of at least 4 members (excludes halogenated alkanes) is 2. The van der Waals surface area contributed by atoms with Gasteiger partial charge in [-0.3, -0.25) is 0 Å². The highest BCUT2D eigenvalue weighted by atomic mass is 19.2. The summed E-state index contributed by atoms with van der Waals surface area (Å²) in [5, 5.41) is 0. The Kier molecular flexibility index (Phi) is 6.17. The summed E-state index contributed by atoms with van der Waals surface area (Å²) in [4.78, 5) is 3.35. The van der Waals surface area contributed by atoms with Crippen LogP contribution in [0.4, 0.5) is 8.78 Å². The van der Waals surface area contributed by atoms with E-state index in [0.29, 0.717) is 11.5 Å². The van der Waals surface area contributed by atoms with Gasteiger partial charge in [0.15, 0.2) is 5.82 Å². The minimum absolute atomic E-state index is 0.389. The van der Waals surface area contributed by atoms with Gasteiger partial charge in [-0.25, -0.2) is 9.37 Å². The molecule has 1 heterocycles. The van der Waals surface area contributed by atoms with E-state index in [-0.39, 0.29) is 0 Å². The van der Waals surface area contributed by atoms with E-state index < -0.39 is 11.8 Å². The number of hydrogen-bond acceptors (Lipinski definition) is 1. The van der Waals surface area contributed by atoms with E-state index in [1.165, 1.54) is 44.7 Å². The fraction of sp³-hybridized carbons (Fsp3) is 0.611. The monoisotopic (exact) mass is 291 g/mol. The Morgan fingerprint density at radius 1 is 1.19 bits per heavy atom. The molecule has 114 valence electrons. The van der Waals surface area contributed by atoms with Crippen molar-refractivity contribution in [3.63, 3.8) is 0 Å². The van der Waals surface area contributed by atoms with Crippen LogP contribution >= 0.6 is 0 Å². The summed E-state index contributed by atoms with van der Waals surface area (Å²) in [7, 11) is 0. The fourth-order valence-electron chi connectivity index (χ4n) is 2.95. The zero-order chi connectivity index (χ0) is 15.1. The van der Waals surface area contributed by atoms with E-state index in [1.54, 1.807) is 0 Å². The lowest BCUT2D eigenvalue weighted by Crippen LogP contribution is -2.13. The second-order valence-electron chi connectivity index (χ2n) is 5.98. The van der Waals surface area contributed by atoms with Crippen molar-refractivity contribution in [3.8, 4) is 11.8 Å². The molecule has 1 aromatic heterocycles. The minimum Gasteiger partial charge on any atom is -0.224 e. The summed E-state index contributed by atoms with van der Waals surface area (Å²) >= 11 is 0. The van der Waals surface area contributed by atoms with Gasteiger partial charge in [0.2, 0.25) is 5.95 Å². The lowest BCUT2D eigenvalue weighted by atomic mass is 9.80. The topological polar surface area (TPSA) is 12.9 Å². The van der Waals surface area contributed by atoms with Crippen LogP contribution < -0.4 is 0 Å². The minimum atomic E-state index is -1.06. The molecule has 0 unspecified atom stereocenters. The van der Waals surface area contributed by atoms with Crippen molar-refractivity contribution in [2.24, 2.45) is 11.8 Å². The zero-order valence-corrected chi connectivity index (χ0v) is 12.7. The molecule has 1 nitrogen and oxygen atoms in total. The van der Waals surface area contributed by atoms with Gasteiger partial charge in [0.1, 0.15) is 0 Å². The molecule has 0 atom stereocenters. The highest BCUT2D eigenvalue weighted by Crippen LogP contribution is 2.31. The Morgan fingerprint density at radius 3 is 2.62 bits per heavy atom. The Hall–Kier alpha value is -1.43. The lowest BCUT2D eigenvalue weighted by molar-refractivity contribution is 0.294. The maximum absolute atomic E-state index is 13.0. The SMILES string of the molecule is CCCCC[C@H]1CC[C@H](C#Cc2cnc(F)c(F)c2)CC1. The molecule has 2 rings (SSSR count). The van der Waals surface area contributed by atoms with Crippen LogP contribution in [0.25, 0.3) is 0 Å². The molecular formula is C18H23F2N. The van der Waals surface area contributed by atoms with Crippen LogP contribution in [0.5, 0.6) is 0 Å². The Morgan fingerprint density at radius 2 is 1.95 bits per heavy atom. The molecule has 0 amide bonds.